The van der Waals surface area contributed by atoms with Crippen molar-refractivity contribution < 1.29 is 18.6 Å². The van der Waals surface area contributed by atoms with Gasteiger partial charge in [0.05, 0.1) is 26.9 Å². The summed E-state index contributed by atoms with van der Waals surface area (Å²) in [7, 11) is 3.31. The van der Waals surface area contributed by atoms with E-state index in [2.05, 4.69) is 4.90 Å². The van der Waals surface area contributed by atoms with Gasteiger partial charge in [0, 0.05) is 31.3 Å². The number of rotatable bonds is 5. The Bertz CT molecular complexity index is 675. The van der Waals surface area contributed by atoms with Crippen LogP contribution in [0.15, 0.2) is 42.5 Å². The predicted octanol–water partition coefficient (Wildman–Crippen LogP) is 3.42. The van der Waals surface area contributed by atoms with Gasteiger partial charge in [-0.05, 0) is 23.8 Å². The summed E-state index contributed by atoms with van der Waals surface area (Å²) in [4.78, 5) is 2.32. The molecule has 0 spiro atoms. The molecule has 0 N–H and O–H groups in total. The molecule has 0 aromatic heterocycles. The number of hydrogen-bond donors (Lipinski definition) is 0. The van der Waals surface area contributed by atoms with Crippen molar-refractivity contribution in [1.29, 1.82) is 0 Å². The van der Waals surface area contributed by atoms with Crippen LogP contribution in [0.3, 0.4) is 0 Å². The second kappa shape index (κ2) is 7.64. The number of ether oxygens (including phenoxy) is 3. The maximum atomic E-state index is 13.1. The highest BCUT2D eigenvalue weighted by Crippen LogP contribution is 2.28. The van der Waals surface area contributed by atoms with Gasteiger partial charge >= 0.3 is 0 Å². The number of morpholine rings is 1. The summed E-state index contributed by atoms with van der Waals surface area (Å²) in [5, 5.41) is 0. The first-order valence-corrected chi connectivity index (χ1v) is 8.00. The molecule has 1 heterocycles. The molecule has 1 fully saturated rings. The van der Waals surface area contributed by atoms with Crippen molar-refractivity contribution in [3.63, 3.8) is 0 Å². The van der Waals surface area contributed by atoms with E-state index in [1.54, 1.807) is 26.4 Å². The number of nitrogens with zero attached hydrogens (tertiary/aromatic N) is 1. The molecule has 128 valence electrons. The van der Waals surface area contributed by atoms with Crippen LogP contribution in [-0.2, 0) is 11.3 Å². The van der Waals surface area contributed by atoms with E-state index in [-0.39, 0.29) is 11.9 Å². The maximum Gasteiger partial charge on any atom is 0.127 e. The molecule has 2 aromatic rings. The molecule has 3 rings (SSSR count). The van der Waals surface area contributed by atoms with Crippen molar-refractivity contribution in [2.45, 2.75) is 12.6 Å². The third-order valence-corrected chi connectivity index (χ3v) is 4.28. The zero-order valence-corrected chi connectivity index (χ0v) is 14.0. The van der Waals surface area contributed by atoms with Crippen molar-refractivity contribution in [2.75, 3.05) is 33.9 Å². The summed E-state index contributed by atoms with van der Waals surface area (Å²) >= 11 is 0. The van der Waals surface area contributed by atoms with Gasteiger partial charge in [-0.2, -0.15) is 0 Å². The van der Waals surface area contributed by atoms with Gasteiger partial charge in [0.25, 0.3) is 0 Å². The average Bonchev–Trinajstić information content (AvgIpc) is 2.63. The minimum atomic E-state index is -0.227. The summed E-state index contributed by atoms with van der Waals surface area (Å²) < 4.78 is 29.7. The Hall–Kier alpha value is -2.11. The van der Waals surface area contributed by atoms with Crippen molar-refractivity contribution in [2.24, 2.45) is 0 Å². The summed E-state index contributed by atoms with van der Waals surface area (Å²) in [6.07, 6.45) is -0.0383. The number of benzene rings is 2. The number of hydrogen-bond acceptors (Lipinski definition) is 4. The minimum absolute atomic E-state index is 0.0383. The van der Waals surface area contributed by atoms with Gasteiger partial charge < -0.3 is 14.2 Å². The van der Waals surface area contributed by atoms with Gasteiger partial charge in [-0.1, -0.05) is 18.2 Å². The predicted molar refractivity (Wildman–Crippen MR) is 89.9 cm³/mol. The molecule has 2 aromatic carbocycles. The average molecular weight is 331 g/mol. The molecule has 5 heteroatoms. The van der Waals surface area contributed by atoms with Gasteiger partial charge in [0.15, 0.2) is 0 Å². The van der Waals surface area contributed by atoms with E-state index in [0.29, 0.717) is 6.61 Å². The standard InChI is InChI=1S/C19H22FNO3/c1-22-17-8-5-15(18(11-17)23-2)12-21-9-10-24-19(13-21)14-3-6-16(20)7-4-14/h3-8,11,19H,9-10,12-13H2,1-2H3/t19-/m1/s1. The third-order valence-electron chi connectivity index (χ3n) is 4.28. The molecule has 0 unspecified atom stereocenters. The summed E-state index contributed by atoms with van der Waals surface area (Å²) in [5.74, 6) is 1.37. The zero-order chi connectivity index (χ0) is 16.9. The third kappa shape index (κ3) is 3.86. The molecule has 0 bridgehead atoms. The lowest BCUT2D eigenvalue weighted by Crippen LogP contribution is -2.37. The first kappa shape index (κ1) is 16.7. The smallest absolute Gasteiger partial charge is 0.127 e. The highest BCUT2D eigenvalue weighted by Gasteiger charge is 2.23. The first-order chi connectivity index (χ1) is 11.7. The van der Waals surface area contributed by atoms with E-state index in [4.69, 9.17) is 14.2 Å². The van der Waals surface area contributed by atoms with Crippen LogP contribution in [-0.4, -0.2) is 38.8 Å². The van der Waals surface area contributed by atoms with E-state index in [1.165, 1.54) is 12.1 Å². The molecule has 0 saturated carbocycles. The lowest BCUT2D eigenvalue weighted by molar-refractivity contribution is -0.0331. The molecule has 0 radical (unpaired) electrons. The Morgan fingerprint density at radius 1 is 1.12 bits per heavy atom. The fourth-order valence-corrected chi connectivity index (χ4v) is 2.95. The first-order valence-electron chi connectivity index (χ1n) is 8.00. The van der Waals surface area contributed by atoms with E-state index in [1.807, 2.05) is 18.2 Å². The molecule has 0 amide bonds. The van der Waals surface area contributed by atoms with Gasteiger partial charge in [-0.25, -0.2) is 4.39 Å². The highest BCUT2D eigenvalue weighted by atomic mass is 19.1. The number of halogens is 1. The van der Waals surface area contributed by atoms with Crippen LogP contribution in [0.1, 0.15) is 17.2 Å². The Balaban J connectivity index is 1.70. The number of methoxy groups -OCH3 is 2. The quantitative estimate of drug-likeness (QED) is 0.840. The molecule has 24 heavy (non-hydrogen) atoms. The van der Waals surface area contributed by atoms with Gasteiger partial charge in [0.2, 0.25) is 0 Å². The van der Waals surface area contributed by atoms with E-state index >= 15 is 0 Å². The Morgan fingerprint density at radius 2 is 1.92 bits per heavy atom. The molecule has 4 nitrogen and oxygen atoms in total. The van der Waals surface area contributed by atoms with Crippen LogP contribution < -0.4 is 9.47 Å². The van der Waals surface area contributed by atoms with Gasteiger partial charge in [-0.15, -0.1) is 0 Å². The van der Waals surface area contributed by atoms with E-state index < -0.39 is 0 Å². The van der Waals surface area contributed by atoms with Crippen molar-refractivity contribution in [3.8, 4) is 11.5 Å². The van der Waals surface area contributed by atoms with E-state index in [0.717, 1.165) is 42.3 Å². The van der Waals surface area contributed by atoms with Gasteiger partial charge in [0.1, 0.15) is 17.3 Å². The molecule has 1 atom stereocenters. The molecular formula is C19H22FNO3. The largest absolute Gasteiger partial charge is 0.497 e. The summed E-state index contributed by atoms with van der Waals surface area (Å²) in [6, 6.07) is 12.4. The zero-order valence-electron chi connectivity index (χ0n) is 14.0. The second-order valence-electron chi connectivity index (χ2n) is 5.82. The SMILES string of the molecule is COc1ccc(CN2CCO[C@@H](c3ccc(F)cc3)C2)c(OC)c1. The van der Waals surface area contributed by atoms with Gasteiger partial charge in [-0.3, -0.25) is 4.90 Å². The van der Waals surface area contributed by atoms with Crippen LogP contribution in [0.4, 0.5) is 4.39 Å². The summed E-state index contributed by atoms with van der Waals surface area (Å²) in [6.45, 7) is 3.04. The van der Waals surface area contributed by atoms with Crippen molar-refractivity contribution in [3.05, 3.63) is 59.4 Å². The molecule has 1 saturated heterocycles. The summed E-state index contributed by atoms with van der Waals surface area (Å²) in [5.41, 5.74) is 2.11. The Labute approximate surface area is 141 Å². The van der Waals surface area contributed by atoms with Crippen LogP contribution in [0.5, 0.6) is 11.5 Å². The van der Waals surface area contributed by atoms with Crippen LogP contribution in [0.2, 0.25) is 0 Å². The maximum absolute atomic E-state index is 13.1. The monoisotopic (exact) mass is 331 g/mol. The lowest BCUT2D eigenvalue weighted by Gasteiger charge is -2.33. The van der Waals surface area contributed by atoms with Crippen molar-refractivity contribution >= 4 is 0 Å². The molecule has 0 aliphatic carbocycles. The Morgan fingerprint density at radius 3 is 2.62 bits per heavy atom. The molecule has 1 aliphatic rings. The normalized spacial score (nSPS) is 18.4. The highest BCUT2D eigenvalue weighted by molar-refractivity contribution is 5.40. The van der Waals surface area contributed by atoms with Crippen LogP contribution >= 0.6 is 0 Å². The second-order valence-corrected chi connectivity index (χ2v) is 5.82. The van der Waals surface area contributed by atoms with E-state index in [9.17, 15) is 4.39 Å². The molecular weight excluding hydrogens is 309 g/mol. The van der Waals surface area contributed by atoms with Crippen LogP contribution in [0, 0.1) is 5.82 Å². The van der Waals surface area contributed by atoms with Crippen molar-refractivity contribution in [1.82, 2.24) is 4.90 Å². The molecule has 1 aliphatic heterocycles. The lowest BCUT2D eigenvalue weighted by atomic mass is 10.1. The van der Waals surface area contributed by atoms with Crippen LogP contribution in [0.25, 0.3) is 0 Å². The topological polar surface area (TPSA) is 30.9 Å². The fourth-order valence-electron chi connectivity index (χ4n) is 2.95. The minimum Gasteiger partial charge on any atom is -0.497 e. The Kier molecular flexibility index (Phi) is 5.33. The fraction of sp³-hybridized carbons (Fsp3) is 0.368.